The molecule has 0 saturated heterocycles. The number of nitrogens with one attached hydrogen (secondary N) is 1. The molecule has 0 unspecified atom stereocenters. The van der Waals surface area contributed by atoms with Crippen LogP contribution in [-0.2, 0) is 16.2 Å². The largest absolute Gasteiger partial charge is 0.456 e. The summed E-state index contributed by atoms with van der Waals surface area (Å²) in [4.78, 5) is 9.91. The lowest BCUT2D eigenvalue weighted by Crippen LogP contribution is -2.14. The lowest BCUT2D eigenvalue weighted by molar-refractivity contribution is -0.384. The molecule has 1 N–H and O–H groups in total. The Balaban J connectivity index is 1.55. The van der Waals surface area contributed by atoms with Gasteiger partial charge >= 0.3 is 6.18 Å². The molecule has 0 aliphatic rings. The fourth-order valence-corrected chi connectivity index (χ4v) is 5.46. The van der Waals surface area contributed by atoms with E-state index in [9.17, 15) is 36.1 Å². The van der Waals surface area contributed by atoms with Gasteiger partial charge in [0.05, 0.1) is 36.1 Å². The fraction of sp³-hybridized carbons (Fsp3) is 0.0769. The number of nitrogens with zero attached hydrogens (tertiary/aromatic N) is 1. The van der Waals surface area contributed by atoms with E-state index >= 15 is 0 Å². The zero-order chi connectivity index (χ0) is 31.0. The summed E-state index contributed by atoms with van der Waals surface area (Å²) in [7, 11) is -4.47. The summed E-state index contributed by atoms with van der Waals surface area (Å²) in [6.45, 7) is 1.55. The first-order valence-corrected chi connectivity index (χ1v) is 14.0. The Labute approximate surface area is 250 Å². The van der Waals surface area contributed by atoms with Gasteiger partial charge in [-0.25, -0.2) is 12.8 Å². The molecule has 0 aliphatic carbocycles. The zero-order valence-electron chi connectivity index (χ0n) is 20.8. The predicted octanol–water partition coefficient (Wildman–Crippen LogP) is 9.41. The van der Waals surface area contributed by atoms with Crippen LogP contribution >= 0.6 is 34.8 Å². The van der Waals surface area contributed by atoms with Crippen LogP contribution in [0, 0.1) is 22.9 Å². The second-order valence-corrected chi connectivity index (χ2v) is 11.4. The van der Waals surface area contributed by atoms with Gasteiger partial charge in [0.2, 0.25) is 0 Å². The molecule has 8 nitrogen and oxygen atoms in total. The van der Waals surface area contributed by atoms with Crippen LogP contribution in [0.2, 0.25) is 15.1 Å². The molecule has 0 fully saturated rings. The normalized spacial score (nSPS) is 11.7. The first-order valence-electron chi connectivity index (χ1n) is 11.3. The molecule has 0 atom stereocenters. The molecular formula is C26H15Cl3F4N2O6S. The molecule has 0 bridgehead atoms. The van der Waals surface area contributed by atoms with Crippen LogP contribution < -0.4 is 14.2 Å². The highest BCUT2D eigenvalue weighted by atomic mass is 35.5. The van der Waals surface area contributed by atoms with E-state index in [1.54, 1.807) is 6.92 Å². The number of hydrogen-bond donors (Lipinski definition) is 1. The minimum Gasteiger partial charge on any atom is -0.456 e. The van der Waals surface area contributed by atoms with Gasteiger partial charge in [0.25, 0.3) is 15.7 Å². The Morgan fingerprint density at radius 1 is 0.857 bits per heavy atom. The van der Waals surface area contributed by atoms with E-state index in [1.165, 1.54) is 18.2 Å². The van der Waals surface area contributed by atoms with Crippen molar-refractivity contribution >= 4 is 56.2 Å². The molecule has 4 rings (SSSR count). The summed E-state index contributed by atoms with van der Waals surface area (Å²) in [6.07, 6.45) is -4.67. The van der Waals surface area contributed by atoms with Crippen LogP contribution in [0.5, 0.6) is 23.0 Å². The average molecular weight is 666 g/mol. The molecule has 0 radical (unpaired) electrons. The molecule has 0 aromatic heterocycles. The Hall–Kier alpha value is -3.78. The number of rotatable bonds is 8. The molecule has 42 heavy (non-hydrogen) atoms. The Kier molecular flexibility index (Phi) is 8.78. The van der Waals surface area contributed by atoms with Gasteiger partial charge in [-0.1, -0.05) is 34.8 Å². The Morgan fingerprint density at radius 3 is 2.10 bits per heavy atom. The number of halogens is 7. The topological polar surface area (TPSA) is 108 Å². The van der Waals surface area contributed by atoms with E-state index in [0.29, 0.717) is 11.6 Å². The molecule has 0 saturated carbocycles. The second-order valence-electron chi connectivity index (χ2n) is 8.52. The van der Waals surface area contributed by atoms with Gasteiger partial charge in [0, 0.05) is 18.2 Å². The third kappa shape index (κ3) is 6.98. The van der Waals surface area contributed by atoms with E-state index in [0.717, 1.165) is 42.5 Å². The van der Waals surface area contributed by atoms with Crippen molar-refractivity contribution in [3.05, 3.63) is 109 Å². The third-order valence-corrected chi connectivity index (χ3v) is 7.75. The van der Waals surface area contributed by atoms with Gasteiger partial charge in [-0.05, 0) is 61.0 Å². The summed E-state index contributed by atoms with van der Waals surface area (Å²) in [6, 6.07) is 11.0. The van der Waals surface area contributed by atoms with Crippen molar-refractivity contribution in [1.29, 1.82) is 0 Å². The summed E-state index contributed by atoms with van der Waals surface area (Å²) < 4.78 is 92.8. The van der Waals surface area contributed by atoms with Crippen LogP contribution in [0.15, 0.2) is 71.6 Å². The number of ether oxygens (including phenoxy) is 2. The van der Waals surface area contributed by atoms with E-state index in [4.69, 9.17) is 44.3 Å². The summed E-state index contributed by atoms with van der Waals surface area (Å²) >= 11 is 18.4. The van der Waals surface area contributed by atoms with Gasteiger partial charge in [0.15, 0.2) is 11.6 Å². The highest BCUT2D eigenvalue weighted by Gasteiger charge is 2.31. The minimum absolute atomic E-state index is 0.129. The lowest BCUT2D eigenvalue weighted by atomic mass is 10.2. The minimum atomic E-state index is -4.67. The van der Waals surface area contributed by atoms with Crippen LogP contribution in [0.25, 0.3) is 0 Å². The van der Waals surface area contributed by atoms with Gasteiger partial charge in [-0.15, -0.1) is 0 Å². The number of alkyl halides is 3. The number of aryl methyl sites for hydroxylation is 1. The average Bonchev–Trinajstić information content (AvgIpc) is 2.89. The number of hydrogen-bond acceptors (Lipinski definition) is 6. The van der Waals surface area contributed by atoms with Crippen LogP contribution in [0.4, 0.5) is 28.9 Å². The SMILES string of the molecule is Cc1cc([N+](=O)[O-])ccc1Oc1c(Cl)cc(S(=O)(=O)Nc2ccc(Oc3cc(C(F)(F)F)ccc3Cl)cc2F)cc1Cl. The highest BCUT2D eigenvalue weighted by molar-refractivity contribution is 7.92. The maximum atomic E-state index is 14.8. The number of sulfonamides is 1. The molecular weight excluding hydrogens is 651 g/mol. The summed E-state index contributed by atoms with van der Waals surface area (Å²) in [5.74, 6) is -1.73. The molecule has 4 aromatic rings. The number of anilines is 1. The monoisotopic (exact) mass is 664 g/mol. The van der Waals surface area contributed by atoms with E-state index in [2.05, 4.69) is 0 Å². The quantitative estimate of drug-likeness (QED) is 0.114. The molecule has 0 heterocycles. The predicted molar refractivity (Wildman–Crippen MR) is 148 cm³/mol. The van der Waals surface area contributed by atoms with Gasteiger partial charge in [-0.2, -0.15) is 13.2 Å². The van der Waals surface area contributed by atoms with Crippen LogP contribution in [0.1, 0.15) is 11.1 Å². The first kappa shape index (κ1) is 31.2. The van der Waals surface area contributed by atoms with Crippen LogP contribution in [-0.4, -0.2) is 13.3 Å². The first-order chi connectivity index (χ1) is 19.5. The highest BCUT2D eigenvalue weighted by Crippen LogP contribution is 2.41. The van der Waals surface area contributed by atoms with Crippen molar-refractivity contribution < 1.29 is 40.4 Å². The smallest absolute Gasteiger partial charge is 0.416 e. The number of nitro benzene ring substituents is 1. The summed E-state index contributed by atoms with van der Waals surface area (Å²) in [5, 5.41) is 10.3. The molecule has 4 aromatic carbocycles. The molecule has 16 heteroatoms. The fourth-order valence-electron chi connectivity index (χ4n) is 3.49. The van der Waals surface area contributed by atoms with Gasteiger partial charge in [0.1, 0.15) is 17.2 Å². The zero-order valence-corrected chi connectivity index (χ0v) is 23.9. The van der Waals surface area contributed by atoms with Crippen molar-refractivity contribution in [2.75, 3.05) is 4.72 Å². The van der Waals surface area contributed by atoms with Crippen molar-refractivity contribution in [2.24, 2.45) is 0 Å². The molecule has 0 amide bonds. The molecule has 220 valence electrons. The molecule has 0 spiro atoms. The number of benzene rings is 4. The van der Waals surface area contributed by atoms with Gasteiger partial charge in [-0.3, -0.25) is 14.8 Å². The Morgan fingerprint density at radius 2 is 1.52 bits per heavy atom. The Bertz CT molecular complexity index is 1800. The molecule has 0 aliphatic heterocycles. The van der Waals surface area contributed by atoms with E-state index < -0.39 is 48.8 Å². The van der Waals surface area contributed by atoms with Crippen LogP contribution in [0.3, 0.4) is 0 Å². The van der Waals surface area contributed by atoms with E-state index in [-0.39, 0.29) is 38.0 Å². The number of nitro groups is 1. The van der Waals surface area contributed by atoms with Crippen molar-refractivity contribution in [2.45, 2.75) is 18.0 Å². The second kappa shape index (κ2) is 11.8. The third-order valence-electron chi connectivity index (χ3n) is 5.53. The van der Waals surface area contributed by atoms with E-state index in [1.807, 2.05) is 4.72 Å². The summed E-state index contributed by atoms with van der Waals surface area (Å²) in [5.41, 5.74) is -1.35. The number of non-ortho nitro benzene ring substituents is 1. The van der Waals surface area contributed by atoms with Crippen molar-refractivity contribution in [3.8, 4) is 23.0 Å². The maximum Gasteiger partial charge on any atom is 0.416 e. The van der Waals surface area contributed by atoms with Crippen molar-refractivity contribution in [1.82, 2.24) is 0 Å². The maximum absolute atomic E-state index is 14.8. The van der Waals surface area contributed by atoms with Gasteiger partial charge < -0.3 is 9.47 Å². The lowest BCUT2D eigenvalue weighted by Gasteiger charge is -2.15. The van der Waals surface area contributed by atoms with Crippen molar-refractivity contribution in [3.63, 3.8) is 0 Å². The standard InChI is InChI=1S/C26H15Cl3F4N2O6S/c1-13-8-15(35(36)37)3-7-23(13)41-25-19(28)11-17(12-20(25)29)42(38,39)34-22-6-4-16(10-21(22)30)40-24-9-14(26(31,32)33)2-5-18(24)27/h2-12,34H,1H3.